The molecule has 0 amide bonds. The first-order chi connectivity index (χ1) is 17.1. The summed E-state index contributed by atoms with van der Waals surface area (Å²) in [5.74, 6) is 1.62. The monoisotopic (exact) mass is 476 g/mol. The third-order valence-electron chi connectivity index (χ3n) is 6.17. The number of aromatic nitrogens is 3. The minimum atomic E-state index is -0.295. The van der Waals surface area contributed by atoms with Gasteiger partial charge in [0.25, 0.3) is 0 Å². The van der Waals surface area contributed by atoms with Crippen LogP contribution in [0.3, 0.4) is 0 Å². The van der Waals surface area contributed by atoms with E-state index in [9.17, 15) is 5.26 Å². The Kier molecular flexibility index (Phi) is 5.82. The van der Waals surface area contributed by atoms with Crippen molar-refractivity contribution in [2.75, 3.05) is 44.6 Å². The average Bonchev–Trinajstić information content (AvgIpc) is 3.61. The molecule has 0 atom stereocenters. The number of benzene rings is 2. The molecule has 180 valence electrons. The Morgan fingerprint density at radius 2 is 1.77 bits per heavy atom. The number of imidazole rings is 1. The van der Waals surface area contributed by atoms with Crippen LogP contribution in [0.4, 0.5) is 21.6 Å². The molecule has 35 heavy (non-hydrogen) atoms. The molecule has 2 aromatic heterocycles. The molecule has 0 aliphatic carbocycles. The highest BCUT2D eigenvalue weighted by molar-refractivity contribution is 5.83. The van der Waals surface area contributed by atoms with E-state index >= 15 is 4.39 Å². The standard InChI is InChI=1S/C25H25FN6O3/c1-33-20-10-15(11-21(34-2)23(20)35-3)22-25(32-24(30-22)16(13-27)14-28-32)29-17-6-7-19(18(26)12-17)31-8-4-5-9-31/h6-7,10-12,14,28-29H,4-5,8-9H2,1-3H3. The minimum Gasteiger partial charge on any atom is -0.493 e. The molecule has 0 spiro atoms. The number of anilines is 3. The minimum absolute atomic E-state index is 0.295. The summed E-state index contributed by atoms with van der Waals surface area (Å²) in [6.07, 6.45) is 3.71. The molecule has 0 bridgehead atoms. The zero-order valence-electron chi connectivity index (χ0n) is 19.7. The lowest BCUT2D eigenvalue weighted by atomic mass is 10.1. The summed E-state index contributed by atoms with van der Waals surface area (Å²) in [5, 5.41) is 15.9. The van der Waals surface area contributed by atoms with Crippen LogP contribution < -0.4 is 24.4 Å². The molecular weight excluding hydrogens is 451 g/mol. The molecule has 0 unspecified atom stereocenters. The Balaban J connectivity index is 1.62. The van der Waals surface area contributed by atoms with Crippen LogP contribution in [0, 0.1) is 17.1 Å². The molecule has 1 fully saturated rings. The summed E-state index contributed by atoms with van der Waals surface area (Å²) in [6.45, 7) is 1.72. The number of halogens is 1. The van der Waals surface area contributed by atoms with Gasteiger partial charge in [0.2, 0.25) is 5.75 Å². The van der Waals surface area contributed by atoms with Gasteiger partial charge in [-0.25, -0.2) is 13.9 Å². The van der Waals surface area contributed by atoms with Crippen molar-refractivity contribution in [3.05, 3.63) is 47.9 Å². The number of hydrogen-bond acceptors (Lipinski definition) is 7. The van der Waals surface area contributed by atoms with Crippen LogP contribution in [0.1, 0.15) is 18.4 Å². The summed E-state index contributed by atoms with van der Waals surface area (Å²) in [6, 6.07) is 10.8. The van der Waals surface area contributed by atoms with Crippen molar-refractivity contribution >= 4 is 22.8 Å². The SMILES string of the molecule is COc1cc(-c2nc3c(C#N)c[nH]n3c2Nc2ccc(N3CCCC3)c(F)c2)cc(OC)c1OC. The lowest BCUT2D eigenvalue weighted by molar-refractivity contribution is 0.324. The van der Waals surface area contributed by atoms with E-state index in [1.807, 2.05) is 6.07 Å². The summed E-state index contributed by atoms with van der Waals surface area (Å²) < 4.78 is 33.1. The first-order valence-corrected chi connectivity index (χ1v) is 11.2. The number of nitriles is 1. The highest BCUT2D eigenvalue weighted by Crippen LogP contribution is 2.43. The lowest BCUT2D eigenvalue weighted by Gasteiger charge is -2.19. The van der Waals surface area contributed by atoms with E-state index in [4.69, 9.17) is 19.2 Å². The maximum atomic E-state index is 15.0. The molecule has 4 aromatic rings. The largest absolute Gasteiger partial charge is 0.493 e. The molecule has 5 rings (SSSR count). The summed E-state index contributed by atoms with van der Waals surface area (Å²) >= 11 is 0. The first kappa shape index (κ1) is 22.4. The van der Waals surface area contributed by atoms with Gasteiger partial charge in [-0.3, -0.25) is 5.10 Å². The molecule has 0 saturated carbocycles. The predicted molar refractivity (Wildman–Crippen MR) is 130 cm³/mol. The fourth-order valence-electron chi connectivity index (χ4n) is 4.47. The van der Waals surface area contributed by atoms with Crippen LogP contribution in [0.5, 0.6) is 17.2 Å². The van der Waals surface area contributed by atoms with Crippen molar-refractivity contribution in [3.63, 3.8) is 0 Å². The van der Waals surface area contributed by atoms with Crippen molar-refractivity contribution < 1.29 is 18.6 Å². The Hall–Kier alpha value is -4.39. The second-order valence-electron chi connectivity index (χ2n) is 8.17. The maximum Gasteiger partial charge on any atom is 0.203 e. The van der Waals surface area contributed by atoms with Crippen molar-refractivity contribution in [3.8, 4) is 34.6 Å². The molecule has 1 aliphatic heterocycles. The molecule has 9 nitrogen and oxygen atoms in total. The second-order valence-corrected chi connectivity index (χ2v) is 8.17. The van der Waals surface area contributed by atoms with Crippen LogP contribution in [0.2, 0.25) is 0 Å². The van der Waals surface area contributed by atoms with Gasteiger partial charge in [-0.2, -0.15) is 5.26 Å². The van der Waals surface area contributed by atoms with Crippen LogP contribution in [-0.4, -0.2) is 49.0 Å². The Morgan fingerprint density at radius 3 is 2.37 bits per heavy atom. The zero-order chi connectivity index (χ0) is 24.5. The quantitative estimate of drug-likeness (QED) is 0.398. The van der Waals surface area contributed by atoms with Gasteiger partial charge in [0.15, 0.2) is 23.0 Å². The third kappa shape index (κ3) is 3.85. The van der Waals surface area contributed by atoms with Crippen LogP contribution in [0.25, 0.3) is 16.9 Å². The highest BCUT2D eigenvalue weighted by Gasteiger charge is 2.23. The predicted octanol–water partition coefficient (Wildman–Crippen LogP) is 4.71. The van der Waals surface area contributed by atoms with Crippen LogP contribution in [0.15, 0.2) is 36.5 Å². The van der Waals surface area contributed by atoms with E-state index in [0.717, 1.165) is 25.9 Å². The van der Waals surface area contributed by atoms with Crippen molar-refractivity contribution in [2.45, 2.75) is 12.8 Å². The maximum absolute atomic E-state index is 15.0. The fourth-order valence-corrected chi connectivity index (χ4v) is 4.47. The van der Waals surface area contributed by atoms with Gasteiger partial charge >= 0.3 is 0 Å². The molecular formula is C25H25FN6O3. The third-order valence-corrected chi connectivity index (χ3v) is 6.17. The number of aromatic amines is 1. The molecule has 2 N–H and O–H groups in total. The smallest absolute Gasteiger partial charge is 0.203 e. The van der Waals surface area contributed by atoms with Gasteiger partial charge in [-0.15, -0.1) is 0 Å². The molecule has 1 aliphatic rings. The highest BCUT2D eigenvalue weighted by atomic mass is 19.1. The first-order valence-electron chi connectivity index (χ1n) is 11.2. The van der Waals surface area contributed by atoms with Crippen LogP contribution in [-0.2, 0) is 0 Å². The number of nitrogens with zero attached hydrogens (tertiary/aromatic N) is 4. The number of fused-ring (bicyclic) bond motifs is 1. The second kappa shape index (κ2) is 9.10. The Labute approximate surface area is 201 Å². The van der Waals surface area contributed by atoms with E-state index in [1.165, 1.54) is 27.4 Å². The van der Waals surface area contributed by atoms with Gasteiger partial charge in [0.05, 0.1) is 27.0 Å². The van der Waals surface area contributed by atoms with E-state index in [1.54, 1.807) is 28.9 Å². The molecule has 10 heteroatoms. The number of H-pyrrole nitrogens is 1. The van der Waals surface area contributed by atoms with E-state index in [0.29, 0.717) is 56.9 Å². The van der Waals surface area contributed by atoms with E-state index in [2.05, 4.69) is 21.4 Å². The number of nitrogens with one attached hydrogen (secondary N) is 2. The average molecular weight is 477 g/mol. The number of ether oxygens (including phenoxy) is 3. The number of methoxy groups -OCH3 is 3. The van der Waals surface area contributed by atoms with Crippen LogP contribution >= 0.6 is 0 Å². The molecule has 2 aromatic carbocycles. The molecule has 1 saturated heterocycles. The van der Waals surface area contributed by atoms with E-state index < -0.39 is 0 Å². The summed E-state index contributed by atoms with van der Waals surface area (Å²) in [4.78, 5) is 6.77. The summed E-state index contributed by atoms with van der Waals surface area (Å²) in [5.41, 5.74) is 3.15. The number of rotatable bonds is 7. The summed E-state index contributed by atoms with van der Waals surface area (Å²) in [7, 11) is 4.61. The Bertz CT molecular complexity index is 1410. The van der Waals surface area contributed by atoms with Gasteiger partial charge < -0.3 is 24.4 Å². The van der Waals surface area contributed by atoms with Gasteiger partial charge in [0, 0.05) is 30.5 Å². The molecule has 3 heterocycles. The normalized spacial score (nSPS) is 13.2. The van der Waals surface area contributed by atoms with Gasteiger partial charge in [-0.05, 0) is 43.2 Å². The van der Waals surface area contributed by atoms with Gasteiger partial charge in [0.1, 0.15) is 23.1 Å². The van der Waals surface area contributed by atoms with E-state index in [-0.39, 0.29) is 5.82 Å². The van der Waals surface area contributed by atoms with Crippen molar-refractivity contribution in [1.82, 2.24) is 14.6 Å². The zero-order valence-corrected chi connectivity index (χ0v) is 19.7. The van der Waals surface area contributed by atoms with Crippen molar-refractivity contribution in [2.24, 2.45) is 0 Å². The number of hydrogen-bond donors (Lipinski definition) is 2. The van der Waals surface area contributed by atoms with Gasteiger partial charge in [-0.1, -0.05) is 0 Å². The lowest BCUT2D eigenvalue weighted by Crippen LogP contribution is -2.18. The topological polar surface area (TPSA) is 99.8 Å². The molecule has 0 radical (unpaired) electrons. The van der Waals surface area contributed by atoms with Crippen molar-refractivity contribution in [1.29, 1.82) is 5.26 Å². The fraction of sp³-hybridized carbons (Fsp3) is 0.280. The Morgan fingerprint density at radius 1 is 1.06 bits per heavy atom.